The van der Waals surface area contributed by atoms with Crippen LogP contribution in [-0.2, 0) is 20.9 Å². The molecular weight excluding hydrogens is 292 g/mol. The molecule has 20 heavy (non-hydrogen) atoms. The number of thioether (sulfide) groups is 1. The van der Waals surface area contributed by atoms with Crippen LogP contribution in [-0.4, -0.2) is 14.7 Å². The Morgan fingerprint density at radius 2 is 1.80 bits per heavy atom. The van der Waals surface area contributed by atoms with E-state index in [-0.39, 0.29) is 11.5 Å². The van der Waals surface area contributed by atoms with Gasteiger partial charge in [0.2, 0.25) is 0 Å². The highest BCUT2D eigenvalue weighted by Crippen LogP contribution is 2.19. The van der Waals surface area contributed by atoms with Gasteiger partial charge in [0.25, 0.3) is 10.1 Å². The molecule has 0 radical (unpaired) electrons. The zero-order chi connectivity index (χ0) is 14.6. The monoisotopic (exact) mass is 308 g/mol. The lowest BCUT2D eigenvalue weighted by Gasteiger charge is -2.07. The van der Waals surface area contributed by atoms with Crippen molar-refractivity contribution in [3.8, 4) is 0 Å². The first-order chi connectivity index (χ1) is 9.51. The van der Waals surface area contributed by atoms with E-state index in [0.717, 1.165) is 16.0 Å². The van der Waals surface area contributed by atoms with E-state index < -0.39 is 10.1 Å². The minimum absolute atomic E-state index is 0.0462. The van der Waals surface area contributed by atoms with E-state index in [1.165, 1.54) is 0 Å². The highest BCUT2D eigenvalue weighted by Gasteiger charge is 2.14. The van der Waals surface area contributed by atoms with Gasteiger partial charge in [-0.1, -0.05) is 29.8 Å². The molecule has 0 atom stereocenters. The third-order valence-electron chi connectivity index (χ3n) is 2.82. The molecule has 0 unspecified atom stereocenters. The van der Waals surface area contributed by atoms with Crippen molar-refractivity contribution in [2.45, 2.75) is 23.3 Å². The van der Waals surface area contributed by atoms with Crippen LogP contribution in [0.25, 0.3) is 0 Å². The van der Waals surface area contributed by atoms with Gasteiger partial charge in [-0.05, 0) is 43.0 Å². The zero-order valence-corrected chi connectivity index (χ0v) is 13.0. The molecule has 2 rings (SSSR count). The Morgan fingerprint density at radius 1 is 1.10 bits per heavy atom. The number of hydrogen-bond acceptors (Lipinski definition) is 4. The van der Waals surface area contributed by atoms with E-state index in [0.29, 0.717) is 0 Å². The minimum atomic E-state index is -3.70. The topological polar surface area (TPSA) is 43.4 Å². The number of aryl methyl sites for hydroxylation is 1. The van der Waals surface area contributed by atoms with Gasteiger partial charge in [-0.15, -0.1) is 11.8 Å². The Kier molecular flexibility index (Phi) is 4.86. The number of rotatable bonds is 5. The van der Waals surface area contributed by atoms with Crippen LogP contribution in [0.2, 0.25) is 0 Å². The highest BCUT2D eigenvalue weighted by atomic mass is 32.2. The maximum atomic E-state index is 12.0. The fourth-order valence-corrected chi connectivity index (χ4v) is 3.06. The van der Waals surface area contributed by atoms with Gasteiger partial charge >= 0.3 is 0 Å². The van der Waals surface area contributed by atoms with Gasteiger partial charge in [-0.25, -0.2) is 0 Å². The second-order valence-electron chi connectivity index (χ2n) is 4.38. The Morgan fingerprint density at radius 3 is 2.45 bits per heavy atom. The maximum absolute atomic E-state index is 12.0. The predicted molar refractivity (Wildman–Crippen MR) is 81.4 cm³/mol. The molecule has 0 saturated carbocycles. The van der Waals surface area contributed by atoms with Crippen molar-refractivity contribution in [1.29, 1.82) is 0 Å². The van der Waals surface area contributed by atoms with E-state index in [1.54, 1.807) is 36.0 Å². The third kappa shape index (κ3) is 3.85. The van der Waals surface area contributed by atoms with Crippen LogP contribution in [0.15, 0.2) is 58.3 Å². The second-order valence-corrected chi connectivity index (χ2v) is 6.88. The smallest absolute Gasteiger partial charge is 0.262 e. The lowest BCUT2D eigenvalue weighted by molar-refractivity contribution is 0.308. The summed E-state index contributed by atoms with van der Waals surface area (Å²) in [5.41, 5.74) is 1.85. The van der Waals surface area contributed by atoms with Crippen molar-refractivity contribution < 1.29 is 12.6 Å². The fourth-order valence-electron chi connectivity index (χ4n) is 1.68. The van der Waals surface area contributed by atoms with Crippen LogP contribution in [0.4, 0.5) is 0 Å². The molecule has 106 valence electrons. The molecule has 0 aliphatic carbocycles. The molecule has 2 aromatic carbocycles. The fraction of sp³-hybridized carbons (Fsp3) is 0.200. The van der Waals surface area contributed by atoms with Crippen LogP contribution in [0.5, 0.6) is 0 Å². The molecule has 0 N–H and O–H groups in total. The summed E-state index contributed by atoms with van der Waals surface area (Å²) >= 11 is 1.61. The van der Waals surface area contributed by atoms with E-state index >= 15 is 0 Å². The molecule has 0 fully saturated rings. The van der Waals surface area contributed by atoms with E-state index in [2.05, 4.69) is 0 Å². The molecule has 0 aliphatic heterocycles. The molecule has 0 bridgehead atoms. The van der Waals surface area contributed by atoms with E-state index in [1.807, 2.05) is 37.4 Å². The highest BCUT2D eigenvalue weighted by molar-refractivity contribution is 7.98. The SMILES string of the molecule is CSc1cccc(COS(=O)(=O)c2ccc(C)cc2)c1. The molecule has 2 aromatic rings. The maximum Gasteiger partial charge on any atom is 0.297 e. The normalized spacial score (nSPS) is 11.5. The summed E-state index contributed by atoms with van der Waals surface area (Å²) in [6.07, 6.45) is 1.98. The van der Waals surface area contributed by atoms with Gasteiger partial charge in [0.1, 0.15) is 0 Å². The van der Waals surface area contributed by atoms with Crippen LogP contribution in [0.1, 0.15) is 11.1 Å². The van der Waals surface area contributed by atoms with Gasteiger partial charge in [0.05, 0.1) is 11.5 Å². The minimum Gasteiger partial charge on any atom is -0.262 e. The lowest BCUT2D eigenvalue weighted by atomic mass is 10.2. The molecule has 3 nitrogen and oxygen atoms in total. The van der Waals surface area contributed by atoms with Crippen LogP contribution < -0.4 is 0 Å². The van der Waals surface area contributed by atoms with Crippen molar-refractivity contribution in [3.63, 3.8) is 0 Å². The molecule has 0 amide bonds. The summed E-state index contributed by atoms with van der Waals surface area (Å²) in [5.74, 6) is 0. The summed E-state index contributed by atoms with van der Waals surface area (Å²) < 4.78 is 29.2. The Balaban J connectivity index is 2.10. The first-order valence-corrected chi connectivity index (χ1v) is 8.73. The largest absolute Gasteiger partial charge is 0.297 e. The van der Waals surface area contributed by atoms with Crippen LogP contribution >= 0.6 is 11.8 Å². The first-order valence-electron chi connectivity index (χ1n) is 6.10. The van der Waals surface area contributed by atoms with Crippen molar-refractivity contribution >= 4 is 21.9 Å². The standard InChI is InChI=1S/C15H16O3S2/c1-12-6-8-15(9-7-12)20(16,17)18-11-13-4-3-5-14(10-13)19-2/h3-10H,11H2,1-2H3. The Labute approximate surface area is 124 Å². The summed E-state index contributed by atoms with van der Waals surface area (Å²) in [5, 5.41) is 0. The van der Waals surface area contributed by atoms with Gasteiger partial charge in [-0.3, -0.25) is 4.18 Å². The molecule has 0 aromatic heterocycles. The van der Waals surface area contributed by atoms with Crippen LogP contribution in [0, 0.1) is 6.92 Å². The van der Waals surface area contributed by atoms with Crippen molar-refractivity contribution in [1.82, 2.24) is 0 Å². The Bertz CT molecular complexity index is 677. The molecule has 0 heterocycles. The van der Waals surface area contributed by atoms with Gasteiger partial charge in [0, 0.05) is 4.90 Å². The van der Waals surface area contributed by atoms with Crippen LogP contribution in [0.3, 0.4) is 0 Å². The molecule has 0 aliphatic rings. The van der Waals surface area contributed by atoms with E-state index in [4.69, 9.17) is 4.18 Å². The summed E-state index contributed by atoms with van der Waals surface area (Å²) in [4.78, 5) is 1.27. The first kappa shape index (κ1) is 15.1. The predicted octanol–water partition coefficient (Wildman–Crippen LogP) is 3.62. The van der Waals surface area contributed by atoms with Crippen molar-refractivity contribution in [3.05, 3.63) is 59.7 Å². The molecule has 5 heteroatoms. The summed E-state index contributed by atoms with van der Waals surface area (Å²) in [6.45, 7) is 1.95. The van der Waals surface area contributed by atoms with Gasteiger partial charge in [-0.2, -0.15) is 8.42 Å². The van der Waals surface area contributed by atoms with Gasteiger partial charge < -0.3 is 0 Å². The zero-order valence-electron chi connectivity index (χ0n) is 11.4. The molecule has 0 spiro atoms. The second kappa shape index (κ2) is 6.43. The molecular formula is C15H16O3S2. The van der Waals surface area contributed by atoms with Crippen molar-refractivity contribution in [2.24, 2.45) is 0 Å². The number of benzene rings is 2. The summed E-state index contributed by atoms with van der Waals surface area (Å²) in [6, 6.07) is 14.3. The molecule has 0 saturated heterocycles. The van der Waals surface area contributed by atoms with Gasteiger partial charge in [0.15, 0.2) is 0 Å². The average Bonchev–Trinajstić information content (AvgIpc) is 2.46. The number of hydrogen-bond donors (Lipinski definition) is 0. The summed E-state index contributed by atoms with van der Waals surface area (Å²) in [7, 11) is -3.70. The third-order valence-corrected chi connectivity index (χ3v) is 4.83. The Hall–Kier alpha value is -1.30. The quantitative estimate of drug-likeness (QED) is 0.625. The lowest BCUT2D eigenvalue weighted by Crippen LogP contribution is -2.06. The average molecular weight is 308 g/mol. The van der Waals surface area contributed by atoms with Crippen molar-refractivity contribution in [2.75, 3.05) is 6.26 Å². The van der Waals surface area contributed by atoms with E-state index in [9.17, 15) is 8.42 Å².